The fraction of sp³-hybridized carbons (Fsp3) is 0.333. The molecule has 2 aromatic rings. The molecular formula is C18H20BrNO4. The molecule has 6 heteroatoms. The number of rotatable bonds is 7. The zero-order chi connectivity index (χ0) is 16.9. The fourth-order valence-corrected chi connectivity index (χ4v) is 3.09. The third kappa shape index (κ3) is 3.76. The van der Waals surface area contributed by atoms with Crippen molar-refractivity contribution in [1.82, 2.24) is 5.32 Å². The summed E-state index contributed by atoms with van der Waals surface area (Å²) in [5.41, 5.74) is 2.18. The molecule has 0 aliphatic carbocycles. The Morgan fingerprint density at radius 1 is 1.12 bits per heavy atom. The van der Waals surface area contributed by atoms with E-state index in [-0.39, 0.29) is 0 Å². The van der Waals surface area contributed by atoms with E-state index in [2.05, 4.69) is 21.2 Å². The summed E-state index contributed by atoms with van der Waals surface area (Å²) >= 11 is 3.52. The average Bonchev–Trinajstić information content (AvgIpc) is 3.04. The van der Waals surface area contributed by atoms with Gasteiger partial charge < -0.3 is 24.3 Å². The Morgan fingerprint density at radius 2 is 1.96 bits per heavy atom. The Labute approximate surface area is 150 Å². The van der Waals surface area contributed by atoms with Crippen LogP contribution >= 0.6 is 15.9 Å². The van der Waals surface area contributed by atoms with Gasteiger partial charge in [0.1, 0.15) is 0 Å². The highest BCUT2D eigenvalue weighted by Gasteiger charge is 2.14. The van der Waals surface area contributed by atoms with E-state index in [1.807, 2.05) is 37.3 Å². The molecule has 0 fully saturated rings. The summed E-state index contributed by atoms with van der Waals surface area (Å²) in [5, 5.41) is 3.43. The Balaban J connectivity index is 1.69. The van der Waals surface area contributed by atoms with Crippen LogP contribution in [0.2, 0.25) is 0 Å². The van der Waals surface area contributed by atoms with Crippen LogP contribution < -0.4 is 24.3 Å². The second-order valence-corrected chi connectivity index (χ2v) is 6.24. The van der Waals surface area contributed by atoms with Crippen molar-refractivity contribution in [2.75, 3.05) is 20.5 Å². The van der Waals surface area contributed by atoms with E-state index in [1.165, 1.54) is 0 Å². The average molecular weight is 394 g/mol. The summed E-state index contributed by atoms with van der Waals surface area (Å²) in [4.78, 5) is 0. The van der Waals surface area contributed by atoms with E-state index in [0.717, 1.165) is 45.1 Å². The number of fused-ring (bicyclic) bond motifs is 1. The highest BCUT2D eigenvalue weighted by atomic mass is 79.9. The molecule has 0 saturated carbocycles. The van der Waals surface area contributed by atoms with Gasteiger partial charge in [-0.3, -0.25) is 0 Å². The van der Waals surface area contributed by atoms with Crippen LogP contribution in [0.15, 0.2) is 34.8 Å². The maximum absolute atomic E-state index is 5.75. The molecule has 1 N–H and O–H groups in total. The highest BCUT2D eigenvalue weighted by molar-refractivity contribution is 9.10. The van der Waals surface area contributed by atoms with Crippen molar-refractivity contribution >= 4 is 15.9 Å². The van der Waals surface area contributed by atoms with Crippen LogP contribution in [-0.4, -0.2) is 20.5 Å². The summed E-state index contributed by atoms with van der Waals surface area (Å²) < 4.78 is 22.9. The first-order chi connectivity index (χ1) is 11.7. The predicted molar refractivity (Wildman–Crippen MR) is 95.0 cm³/mol. The summed E-state index contributed by atoms with van der Waals surface area (Å²) in [7, 11) is 1.65. The first-order valence-corrected chi connectivity index (χ1v) is 8.59. The van der Waals surface area contributed by atoms with Crippen LogP contribution in [0.3, 0.4) is 0 Å². The third-order valence-electron chi connectivity index (χ3n) is 3.69. The molecule has 0 radical (unpaired) electrons. The molecule has 5 nitrogen and oxygen atoms in total. The molecular weight excluding hydrogens is 374 g/mol. The molecule has 0 saturated heterocycles. The quantitative estimate of drug-likeness (QED) is 0.773. The molecule has 0 atom stereocenters. The van der Waals surface area contributed by atoms with Crippen molar-refractivity contribution in [2.24, 2.45) is 0 Å². The van der Waals surface area contributed by atoms with Gasteiger partial charge in [0, 0.05) is 23.1 Å². The van der Waals surface area contributed by atoms with Gasteiger partial charge in [-0.15, -0.1) is 0 Å². The summed E-state index contributed by atoms with van der Waals surface area (Å²) in [6.45, 7) is 4.23. The zero-order valence-corrected chi connectivity index (χ0v) is 15.3. The number of nitrogens with one attached hydrogen (secondary N) is 1. The normalized spacial score (nSPS) is 12.3. The lowest BCUT2D eigenvalue weighted by atomic mass is 10.1. The van der Waals surface area contributed by atoms with Gasteiger partial charge >= 0.3 is 0 Å². The molecule has 2 aromatic carbocycles. The van der Waals surface area contributed by atoms with Crippen LogP contribution in [0, 0.1) is 0 Å². The first kappa shape index (κ1) is 16.9. The molecule has 0 amide bonds. The number of methoxy groups -OCH3 is 1. The lowest BCUT2D eigenvalue weighted by molar-refractivity contribution is 0.174. The van der Waals surface area contributed by atoms with Gasteiger partial charge in [0.15, 0.2) is 23.0 Å². The monoisotopic (exact) mass is 393 g/mol. The SMILES string of the molecule is CCOc1c(CNCc2ccc3c(c2)OCO3)cc(Br)cc1OC. The van der Waals surface area contributed by atoms with Crippen LogP contribution in [0.25, 0.3) is 0 Å². The Bertz CT molecular complexity index is 720. The fourth-order valence-electron chi connectivity index (χ4n) is 2.61. The zero-order valence-electron chi connectivity index (χ0n) is 13.7. The van der Waals surface area contributed by atoms with E-state index >= 15 is 0 Å². The minimum Gasteiger partial charge on any atom is -0.493 e. The number of hydrogen-bond donors (Lipinski definition) is 1. The number of hydrogen-bond acceptors (Lipinski definition) is 5. The molecule has 0 unspecified atom stereocenters. The summed E-state index contributed by atoms with van der Waals surface area (Å²) in [6, 6.07) is 9.92. The topological polar surface area (TPSA) is 49.0 Å². The maximum Gasteiger partial charge on any atom is 0.231 e. The van der Waals surface area contributed by atoms with Crippen molar-refractivity contribution in [3.05, 3.63) is 45.9 Å². The van der Waals surface area contributed by atoms with Crippen LogP contribution in [0.5, 0.6) is 23.0 Å². The van der Waals surface area contributed by atoms with E-state index in [1.54, 1.807) is 7.11 Å². The molecule has 0 bridgehead atoms. The summed E-state index contributed by atoms with van der Waals surface area (Å²) in [5.74, 6) is 3.11. The van der Waals surface area contributed by atoms with Crippen molar-refractivity contribution in [3.63, 3.8) is 0 Å². The van der Waals surface area contributed by atoms with Crippen molar-refractivity contribution in [2.45, 2.75) is 20.0 Å². The molecule has 24 heavy (non-hydrogen) atoms. The Kier molecular flexibility index (Phi) is 5.48. The number of ether oxygens (including phenoxy) is 4. The molecule has 1 heterocycles. The Hall–Kier alpha value is -1.92. The maximum atomic E-state index is 5.75. The lowest BCUT2D eigenvalue weighted by Crippen LogP contribution is -2.14. The van der Waals surface area contributed by atoms with E-state index in [9.17, 15) is 0 Å². The van der Waals surface area contributed by atoms with Crippen molar-refractivity contribution in [1.29, 1.82) is 0 Å². The molecule has 128 valence electrons. The number of halogens is 1. The van der Waals surface area contributed by atoms with Crippen LogP contribution in [-0.2, 0) is 13.1 Å². The van der Waals surface area contributed by atoms with Gasteiger partial charge in [0.2, 0.25) is 6.79 Å². The molecule has 1 aliphatic heterocycles. The van der Waals surface area contributed by atoms with Gasteiger partial charge in [-0.1, -0.05) is 22.0 Å². The van der Waals surface area contributed by atoms with Crippen molar-refractivity contribution in [3.8, 4) is 23.0 Å². The second kappa shape index (κ2) is 7.77. The first-order valence-electron chi connectivity index (χ1n) is 7.79. The molecule has 0 spiro atoms. The third-order valence-corrected chi connectivity index (χ3v) is 4.14. The van der Waals surface area contributed by atoms with Crippen LogP contribution in [0.4, 0.5) is 0 Å². The van der Waals surface area contributed by atoms with E-state index in [0.29, 0.717) is 19.9 Å². The molecule has 3 rings (SSSR count). The van der Waals surface area contributed by atoms with Crippen LogP contribution in [0.1, 0.15) is 18.1 Å². The minimum atomic E-state index is 0.293. The van der Waals surface area contributed by atoms with E-state index in [4.69, 9.17) is 18.9 Å². The molecule has 1 aliphatic rings. The Morgan fingerprint density at radius 3 is 2.75 bits per heavy atom. The van der Waals surface area contributed by atoms with Gasteiger partial charge in [0.25, 0.3) is 0 Å². The lowest BCUT2D eigenvalue weighted by Gasteiger charge is -2.15. The number of benzene rings is 2. The van der Waals surface area contributed by atoms with Crippen molar-refractivity contribution < 1.29 is 18.9 Å². The second-order valence-electron chi connectivity index (χ2n) is 5.32. The summed E-state index contributed by atoms with van der Waals surface area (Å²) in [6.07, 6.45) is 0. The smallest absolute Gasteiger partial charge is 0.231 e. The molecule has 0 aromatic heterocycles. The largest absolute Gasteiger partial charge is 0.493 e. The van der Waals surface area contributed by atoms with Gasteiger partial charge in [-0.2, -0.15) is 0 Å². The van der Waals surface area contributed by atoms with Gasteiger partial charge in [0.05, 0.1) is 13.7 Å². The predicted octanol–water partition coefficient (Wildman–Crippen LogP) is 3.87. The van der Waals surface area contributed by atoms with Gasteiger partial charge in [-0.05, 0) is 36.8 Å². The standard InChI is InChI=1S/C18H20BrNO4/c1-3-22-18-13(7-14(19)8-17(18)21-2)10-20-9-12-4-5-15-16(6-12)24-11-23-15/h4-8,20H,3,9-11H2,1-2H3. The van der Waals surface area contributed by atoms with E-state index < -0.39 is 0 Å². The minimum absolute atomic E-state index is 0.293. The van der Waals surface area contributed by atoms with Gasteiger partial charge in [-0.25, -0.2) is 0 Å². The highest BCUT2D eigenvalue weighted by Crippen LogP contribution is 2.35.